The molecule has 0 spiro atoms. The Balaban J connectivity index is 2.70. The molecule has 18 heavy (non-hydrogen) atoms. The Morgan fingerprint density at radius 3 is 2.67 bits per heavy atom. The van der Waals surface area contributed by atoms with Gasteiger partial charge in [0.05, 0.1) is 0 Å². The Morgan fingerprint density at radius 2 is 2.06 bits per heavy atom. The van der Waals surface area contributed by atoms with Crippen molar-refractivity contribution in [3.63, 3.8) is 0 Å². The largest absolute Gasteiger partial charge is 0.326 e. The van der Waals surface area contributed by atoms with Crippen LogP contribution in [0.4, 0.5) is 11.4 Å². The van der Waals surface area contributed by atoms with E-state index < -0.39 is 0 Å². The highest BCUT2D eigenvalue weighted by Gasteiger charge is 2.07. The van der Waals surface area contributed by atoms with Gasteiger partial charge in [-0.1, -0.05) is 6.07 Å². The molecule has 2 N–H and O–H groups in total. The zero-order valence-corrected chi connectivity index (χ0v) is 11.0. The summed E-state index contributed by atoms with van der Waals surface area (Å²) < 4.78 is 0. The Morgan fingerprint density at radius 1 is 1.33 bits per heavy atom. The van der Waals surface area contributed by atoms with Crippen molar-refractivity contribution >= 4 is 23.2 Å². The maximum atomic E-state index is 11.6. The van der Waals surface area contributed by atoms with Crippen LogP contribution in [0.15, 0.2) is 24.3 Å². The van der Waals surface area contributed by atoms with Gasteiger partial charge in [-0.15, -0.1) is 0 Å². The van der Waals surface area contributed by atoms with Crippen LogP contribution in [-0.2, 0) is 9.59 Å². The van der Waals surface area contributed by atoms with Crippen LogP contribution in [0.3, 0.4) is 0 Å². The smallest absolute Gasteiger partial charge is 0.225 e. The Kier molecular flexibility index (Phi) is 5.32. The molecule has 1 rings (SSSR count). The number of hydrogen-bond acceptors (Lipinski definition) is 3. The fourth-order valence-corrected chi connectivity index (χ4v) is 1.44. The van der Waals surface area contributed by atoms with Crippen LogP contribution >= 0.6 is 0 Å². The minimum absolute atomic E-state index is 0.0475. The van der Waals surface area contributed by atoms with E-state index in [2.05, 4.69) is 10.6 Å². The molecule has 0 saturated heterocycles. The Bertz CT molecular complexity index is 432. The monoisotopic (exact) mass is 249 g/mol. The fourth-order valence-electron chi connectivity index (χ4n) is 1.44. The highest BCUT2D eigenvalue weighted by molar-refractivity contribution is 5.94. The number of amides is 2. The van der Waals surface area contributed by atoms with Crippen LogP contribution < -0.4 is 15.5 Å². The summed E-state index contributed by atoms with van der Waals surface area (Å²) in [7, 11) is 3.50. The second-order valence-electron chi connectivity index (χ2n) is 4.03. The van der Waals surface area contributed by atoms with Crippen LogP contribution in [0.5, 0.6) is 0 Å². The van der Waals surface area contributed by atoms with Gasteiger partial charge in [-0.3, -0.25) is 9.59 Å². The third-order valence-corrected chi connectivity index (χ3v) is 2.59. The Labute approximate surface area is 107 Å². The van der Waals surface area contributed by atoms with Gasteiger partial charge in [-0.25, -0.2) is 0 Å². The van der Waals surface area contributed by atoms with E-state index in [0.29, 0.717) is 18.7 Å². The van der Waals surface area contributed by atoms with Gasteiger partial charge in [0.25, 0.3) is 0 Å². The molecule has 0 fully saturated rings. The van der Waals surface area contributed by atoms with E-state index in [4.69, 9.17) is 0 Å². The van der Waals surface area contributed by atoms with Gasteiger partial charge in [0.15, 0.2) is 0 Å². The maximum absolute atomic E-state index is 11.6. The second kappa shape index (κ2) is 6.76. The van der Waals surface area contributed by atoms with Crippen molar-refractivity contribution in [2.75, 3.05) is 30.9 Å². The zero-order chi connectivity index (χ0) is 13.5. The van der Waals surface area contributed by atoms with Crippen LogP contribution in [0.2, 0.25) is 0 Å². The second-order valence-corrected chi connectivity index (χ2v) is 4.03. The first-order chi connectivity index (χ1) is 8.54. The molecule has 2 amide bonds. The molecule has 0 bridgehead atoms. The van der Waals surface area contributed by atoms with Crippen molar-refractivity contribution in [1.82, 2.24) is 5.32 Å². The van der Waals surface area contributed by atoms with Gasteiger partial charge in [0.2, 0.25) is 11.8 Å². The molecule has 0 saturated carbocycles. The average Bonchev–Trinajstić information content (AvgIpc) is 2.35. The van der Waals surface area contributed by atoms with E-state index in [-0.39, 0.29) is 11.8 Å². The van der Waals surface area contributed by atoms with E-state index in [9.17, 15) is 9.59 Å². The summed E-state index contributed by atoms with van der Waals surface area (Å²) in [5.41, 5.74) is 1.45. The molecule has 5 nitrogen and oxygen atoms in total. The quantitative estimate of drug-likeness (QED) is 0.824. The predicted octanol–water partition coefficient (Wildman–Crippen LogP) is 1.22. The topological polar surface area (TPSA) is 61.4 Å². The van der Waals surface area contributed by atoms with Crippen LogP contribution in [0.25, 0.3) is 0 Å². The molecule has 1 aromatic carbocycles. The molecule has 0 radical (unpaired) electrons. The number of carbonyl (C=O) groups is 2. The molecular weight excluding hydrogens is 230 g/mol. The number of nitrogens with zero attached hydrogens (tertiary/aromatic N) is 1. The van der Waals surface area contributed by atoms with E-state index in [1.165, 1.54) is 11.8 Å². The number of rotatable bonds is 5. The lowest BCUT2D eigenvalue weighted by molar-refractivity contribution is -0.117. The SMILES string of the molecule is CNCCC(=O)Nc1cccc(N(C)C(C)=O)c1. The average molecular weight is 249 g/mol. The molecular formula is C13H19N3O2. The minimum atomic E-state index is -0.0491. The normalized spacial score (nSPS) is 9.94. The van der Waals surface area contributed by atoms with E-state index in [1.54, 1.807) is 26.2 Å². The van der Waals surface area contributed by atoms with Crippen molar-refractivity contribution in [3.05, 3.63) is 24.3 Å². The van der Waals surface area contributed by atoms with Gasteiger partial charge in [-0.05, 0) is 25.2 Å². The lowest BCUT2D eigenvalue weighted by Crippen LogP contribution is -2.23. The molecule has 1 aromatic rings. The summed E-state index contributed by atoms with van der Waals surface area (Å²) in [6.07, 6.45) is 0.420. The van der Waals surface area contributed by atoms with E-state index in [1.807, 2.05) is 12.1 Å². The molecule has 0 heterocycles. The lowest BCUT2D eigenvalue weighted by Gasteiger charge is -2.16. The molecule has 0 aromatic heterocycles. The molecule has 98 valence electrons. The third-order valence-electron chi connectivity index (χ3n) is 2.59. The van der Waals surface area contributed by atoms with Gasteiger partial charge < -0.3 is 15.5 Å². The summed E-state index contributed by atoms with van der Waals surface area (Å²) in [6.45, 7) is 2.14. The van der Waals surface area contributed by atoms with Crippen molar-refractivity contribution < 1.29 is 9.59 Å². The molecule has 0 aliphatic rings. The molecule has 0 aliphatic carbocycles. The van der Waals surface area contributed by atoms with Gasteiger partial charge in [-0.2, -0.15) is 0 Å². The number of hydrogen-bond donors (Lipinski definition) is 2. The van der Waals surface area contributed by atoms with E-state index >= 15 is 0 Å². The highest BCUT2D eigenvalue weighted by Crippen LogP contribution is 2.18. The molecule has 0 unspecified atom stereocenters. The predicted molar refractivity (Wildman–Crippen MR) is 72.7 cm³/mol. The lowest BCUT2D eigenvalue weighted by atomic mass is 10.2. The van der Waals surface area contributed by atoms with Crippen molar-refractivity contribution in [3.8, 4) is 0 Å². The summed E-state index contributed by atoms with van der Waals surface area (Å²) in [5.74, 6) is -0.0966. The van der Waals surface area contributed by atoms with Gasteiger partial charge >= 0.3 is 0 Å². The first-order valence-corrected chi connectivity index (χ1v) is 5.83. The maximum Gasteiger partial charge on any atom is 0.225 e. The number of nitrogens with one attached hydrogen (secondary N) is 2. The number of carbonyl (C=O) groups excluding carboxylic acids is 2. The summed E-state index contributed by atoms with van der Waals surface area (Å²) in [6, 6.07) is 7.21. The summed E-state index contributed by atoms with van der Waals surface area (Å²) in [5, 5.41) is 5.71. The molecule has 0 atom stereocenters. The standard InChI is InChI=1S/C13H19N3O2/c1-10(17)16(3)12-6-4-5-11(9-12)15-13(18)7-8-14-2/h4-6,9,14H,7-8H2,1-3H3,(H,15,18). The highest BCUT2D eigenvalue weighted by atomic mass is 16.2. The van der Waals surface area contributed by atoms with Crippen LogP contribution in [0, 0.1) is 0 Å². The fraction of sp³-hybridized carbons (Fsp3) is 0.385. The van der Waals surface area contributed by atoms with Crippen molar-refractivity contribution in [1.29, 1.82) is 0 Å². The van der Waals surface area contributed by atoms with Crippen LogP contribution in [0.1, 0.15) is 13.3 Å². The number of benzene rings is 1. The minimum Gasteiger partial charge on any atom is -0.326 e. The molecule has 0 aliphatic heterocycles. The summed E-state index contributed by atoms with van der Waals surface area (Å²) in [4.78, 5) is 24.3. The molecule has 5 heteroatoms. The first-order valence-electron chi connectivity index (χ1n) is 5.83. The van der Waals surface area contributed by atoms with Gasteiger partial charge in [0, 0.05) is 38.3 Å². The van der Waals surface area contributed by atoms with E-state index in [0.717, 1.165) is 5.69 Å². The first kappa shape index (κ1) is 14.2. The van der Waals surface area contributed by atoms with Crippen molar-refractivity contribution in [2.24, 2.45) is 0 Å². The zero-order valence-electron chi connectivity index (χ0n) is 11.0. The number of anilines is 2. The third kappa shape index (κ3) is 4.18. The van der Waals surface area contributed by atoms with Crippen LogP contribution in [-0.4, -0.2) is 32.5 Å². The summed E-state index contributed by atoms with van der Waals surface area (Å²) >= 11 is 0. The van der Waals surface area contributed by atoms with Gasteiger partial charge in [0.1, 0.15) is 0 Å². The Hall–Kier alpha value is -1.88. The van der Waals surface area contributed by atoms with Crippen molar-refractivity contribution in [2.45, 2.75) is 13.3 Å².